The van der Waals surface area contributed by atoms with Gasteiger partial charge in [0.05, 0.1) is 18.4 Å². The van der Waals surface area contributed by atoms with Crippen molar-refractivity contribution in [2.75, 3.05) is 25.1 Å². The number of carbonyl (C=O) groups is 1. The van der Waals surface area contributed by atoms with Crippen molar-refractivity contribution in [2.45, 2.75) is 51.9 Å². The number of halogens is 1. The van der Waals surface area contributed by atoms with E-state index in [2.05, 4.69) is 16.3 Å². The van der Waals surface area contributed by atoms with E-state index in [1.807, 2.05) is 75.4 Å². The van der Waals surface area contributed by atoms with Crippen molar-refractivity contribution >= 4 is 24.3 Å². The number of benzene rings is 2. The number of nitrogens with zero attached hydrogens (tertiary/aromatic N) is 3. The maximum Gasteiger partial charge on any atom is 0.407 e. The first kappa shape index (κ1) is 29.6. The van der Waals surface area contributed by atoms with Gasteiger partial charge in [-0.3, -0.25) is 0 Å². The predicted octanol–water partition coefficient (Wildman–Crippen LogP) is 6.12. The van der Waals surface area contributed by atoms with Gasteiger partial charge < -0.3 is 24.4 Å². The highest BCUT2D eigenvalue weighted by atomic mass is 35.5. The normalized spacial score (nSPS) is 13.6. The molecule has 1 saturated heterocycles. The van der Waals surface area contributed by atoms with Crippen molar-refractivity contribution in [3.05, 3.63) is 71.8 Å². The first-order chi connectivity index (χ1) is 18.3. The highest BCUT2D eigenvalue weighted by molar-refractivity contribution is 5.85. The third kappa shape index (κ3) is 8.01. The second-order valence-electron chi connectivity index (χ2n) is 10.2. The fourth-order valence-corrected chi connectivity index (χ4v) is 4.33. The summed E-state index contributed by atoms with van der Waals surface area (Å²) in [5.41, 5.74) is 2.64. The summed E-state index contributed by atoms with van der Waals surface area (Å²) in [5.74, 6) is 1.90. The lowest BCUT2D eigenvalue weighted by Gasteiger charge is -2.34. The lowest BCUT2D eigenvalue weighted by atomic mass is 10.0. The van der Waals surface area contributed by atoms with Crippen LogP contribution < -0.4 is 19.7 Å². The average Bonchev–Trinajstić information content (AvgIpc) is 2.91. The number of hydrogen-bond acceptors (Lipinski definition) is 7. The molecule has 1 aromatic heterocycles. The van der Waals surface area contributed by atoms with Gasteiger partial charge in [0.25, 0.3) is 0 Å². The van der Waals surface area contributed by atoms with E-state index in [9.17, 15) is 10.1 Å². The van der Waals surface area contributed by atoms with Gasteiger partial charge in [0.1, 0.15) is 24.1 Å². The summed E-state index contributed by atoms with van der Waals surface area (Å²) in [6, 6.07) is 21.6. The molecule has 0 spiro atoms. The van der Waals surface area contributed by atoms with E-state index in [1.165, 1.54) is 0 Å². The SMILES string of the molecule is COc1ccc(-c2ccc(C#N)c(N3CCC(NC(=O)OC(C)(C)C)CC3)n2)cc1OCc1ccccc1.Cl. The molecule has 0 saturated carbocycles. The minimum atomic E-state index is -0.537. The van der Waals surface area contributed by atoms with Gasteiger partial charge in [-0.05, 0) is 69.5 Å². The zero-order valence-electron chi connectivity index (χ0n) is 22.8. The van der Waals surface area contributed by atoms with Crippen LogP contribution in [0.1, 0.15) is 44.7 Å². The van der Waals surface area contributed by atoms with E-state index < -0.39 is 11.7 Å². The number of aromatic nitrogens is 1. The summed E-state index contributed by atoms with van der Waals surface area (Å²) >= 11 is 0. The summed E-state index contributed by atoms with van der Waals surface area (Å²) in [4.78, 5) is 19.1. The molecule has 2 aromatic carbocycles. The predicted molar refractivity (Wildman–Crippen MR) is 154 cm³/mol. The van der Waals surface area contributed by atoms with Crippen molar-refractivity contribution in [1.82, 2.24) is 10.3 Å². The molecule has 9 heteroatoms. The Morgan fingerprint density at radius 1 is 1.08 bits per heavy atom. The van der Waals surface area contributed by atoms with Crippen molar-refractivity contribution in [1.29, 1.82) is 5.26 Å². The van der Waals surface area contributed by atoms with Crippen LogP contribution in [0.4, 0.5) is 10.6 Å². The van der Waals surface area contributed by atoms with Crippen LogP contribution >= 0.6 is 12.4 Å². The van der Waals surface area contributed by atoms with Gasteiger partial charge in [0, 0.05) is 24.7 Å². The van der Waals surface area contributed by atoms with E-state index in [0.29, 0.717) is 42.6 Å². The van der Waals surface area contributed by atoms with Crippen molar-refractivity contribution < 1.29 is 19.0 Å². The number of nitrogens with one attached hydrogen (secondary N) is 1. The summed E-state index contributed by atoms with van der Waals surface area (Å²) < 4.78 is 17.0. The Kier molecular flexibility index (Phi) is 10.0. The van der Waals surface area contributed by atoms with Crippen LogP contribution in [0, 0.1) is 11.3 Å². The molecule has 206 valence electrons. The van der Waals surface area contributed by atoms with Gasteiger partial charge in [-0.1, -0.05) is 30.3 Å². The number of amides is 1. The van der Waals surface area contributed by atoms with E-state index in [1.54, 1.807) is 13.2 Å². The Labute approximate surface area is 236 Å². The van der Waals surface area contributed by atoms with Gasteiger partial charge >= 0.3 is 6.09 Å². The van der Waals surface area contributed by atoms with E-state index in [4.69, 9.17) is 19.2 Å². The summed E-state index contributed by atoms with van der Waals surface area (Å²) in [5, 5.41) is 12.7. The van der Waals surface area contributed by atoms with E-state index in [0.717, 1.165) is 29.7 Å². The molecule has 1 aliphatic rings. The average molecular weight is 551 g/mol. The number of pyridine rings is 1. The van der Waals surface area contributed by atoms with Crippen LogP contribution in [0.2, 0.25) is 0 Å². The topological polar surface area (TPSA) is 96.7 Å². The molecule has 4 rings (SSSR count). The molecule has 1 N–H and O–H groups in total. The monoisotopic (exact) mass is 550 g/mol. The lowest BCUT2D eigenvalue weighted by Crippen LogP contribution is -2.46. The Morgan fingerprint density at radius 3 is 2.44 bits per heavy atom. The van der Waals surface area contributed by atoms with Crippen molar-refractivity contribution in [2.24, 2.45) is 0 Å². The second-order valence-corrected chi connectivity index (χ2v) is 10.2. The largest absolute Gasteiger partial charge is 0.493 e. The highest BCUT2D eigenvalue weighted by Crippen LogP contribution is 2.34. The maximum atomic E-state index is 12.2. The summed E-state index contributed by atoms with van der Waals surface area (Å²) in [7, 11) is 1.61. The number of anilines is 1. The van der Waals surface area contributed by atoms with Crippen LogP contribution in [-0.2, 0) is 11.3 Å². The van der Waals surface area contributed by atoms with Gasteiger partial charge in [0.15, 0.2) is 11.5 Å². The van der Waals surface area contributed by atoms with Crippen LogP contribution in [-0.4, -0.2) is 42.9 Å². The van der Waals surface area contributed by atoms with Crippen LogP contribution in [0.3, 0.4) is 0 Å². The van der Waals surface area contributed by atoms with Gasteiger partial charge in [0.2, 0.25) is 0 Å². The van der Waals surface area contributed by atoms with Crippen molar-refractivity contribution in [3.63, 3.8) is 0 Å². The number of ether oxygens (including phenoxy) is 3. The zero-order valence-corrected chi connectivity index (χ0v) is 23.6. The molecular formula is C30H35ClN4O4. The molecule has 1 aliphatic heterocycles. The number of carbonyl (C=O) groups excluding carboxylic acids is 1. The standard InChI is InChI=1S/C30H34N4O4.ClH/c1-30(2,3)38-29(35)32-24-14-16-34(17-15-24)28-23(19-31)10-12-25(33-28)22-11-13-26(36-4)27(18-22)37-20-21-8-6-5-7-9-21;/h5-13,18,24H,14-17,20H2,1-4H3,(H,32,35);1H. The van der Waals surface area contributed by atoms with Crippen LogP contribution in [0.15, 0.2) is 60.7 Å². The quantitative estimate of drug-likeness (QED) is 0.378. The highest BCUT2D eigenvalue weighted by Gasteiger charge is 2.25. The summed E-state index contributed by atoms with van der Waals surface area (Å²) in [6.07, 6.45) is 1.06. The number of alkyl carbamates (subject to hydrolysis) is 1. The Morgan fingerprint density at radius 2 is 1.79 bits per heavy atom. The minimum absolute atomic E-state index is 0. The number of nitriles is 1. The fraction of sp³-hybridized carbons (Fsp3) is 0.367. The fourth-order valence-electron chi connectivity index (χ4n) is 4.33. The molecule has 0 bridgehead atoms. The first-order valence-corrected chi connectivity index (χ1v) is 12.8. The minimum Gasteiger partial charge on any atom is -0.493 e. The number of hydrogen-bond donors (Lipinski definition) is 1. The number of rotatable bonds is 7. The molecule has 0 atom stereocenters. The molecular weight excluding hydrogens is 516 g/mol. The second kappa shape index (κ2) is 13.2. The van der Waals surface area contributed by atoms with E-state index in [-0.39, 0.29) is 18.4 Å². The van der Waals surface area contributed by atoms with E-state index >= 15 is 0 Å². The first-order valence-electron chi connectivity index (χ1n) is 12.8. The molecule has 1 fully saturated rings. The third-order valence-corrected chi connectivity index (χ3v) is 6.21. The molecule has 0 aliphatic carbocycles. The lowest BCUT2D eigenvalue weighted by molar-refractivity contribution is 0.0497. The van der Waals surface area contributed by atoms with Gasteiger partial charge in [-0.25, -0.2) is 9.78 Å². The summed E-state index contributed by atoms with van der Waals surface area (Å²) in [6.45, 7) is 7.29. The van der Waals surface area contributed by atoms with Gasteiger partial charge in [-0.2, -0.15) is 5.26 Å². The Balaban J connectivity index is 0.00000420. The Bertz CT molecular complexity index is 1300. The molecule has 3 aromatic rings. The van der Waals surface area contributed by atoms with Gasteiger partial charge in [-0.15, -0.1) is 12.4 Å². The molecule has 8 nitrogen and oxygen atoms in total. The molecule has 0 unspecified atom stereocenters. The number of piperidine rings is 1. The molecule has 0 radical (unpaired) electrons. The van der Waals surface area contributed by atoms with Crippen LogP contribution in [0.25, 0.3) is 11.3 Å². The maximum absolute atomic E-state index is 12.2. The molecule has 39 heavy (non-hydrogen) atoms. The Hall–Kier alpha value is -3.96. The van der Waals surface area contributed by atoms with Crippen molar-refractivity contribution in [3.8, 4) is 28.8 Å². The molecule has 2 heterocycles. The van der Waals surface area contributed by atoms with Crippen LogP contribution in [0.5, 0.6) is 11.5 Å². The molecule has 1 amide bonds. The zero-order chi connectivity index (χ0) is 27.1. The smallest absolute Gasteiger partial charge is 0.407 e. The number of methoxy groups -OCH3 is 1. The third-order valence-electron chi connectivity index (χ3n) is 6.21.